The molecule has 17 heavy (non-hydrogen) atoms. The fourth-order valence-corrected chi connectivity index (χ4v) is 1.51. The van der Waals surface area contributed by atoms with Crippen LogP contribution in [0.15, 0.2) is 24.5 Å². The second-order valence-corrected chi connectivity index (χ2v) is 3.69. The Morgan fingerprint density at radius 3 is 2.94 bits per heavy atom. The van der Waals surface area contributed by atoms with E-state index in [9.17, 15) is 0 Å². The highest BCUT2D eigenvalue weighted by atomic mass is 16.5. The van der Waals surface area contributed by atoms with Gasteiger partial charge < -0.3 is 15.8 Å². The lowest BCUT2D eigenvalue weighted by atomic mass is 10.2. The van der Waals surface area contributed by atoms with Gasteiger partial charge in [-0.25, -0.2) is 4.98 Å². The quantitative estimate of drug-likeness (QED) is 0.697. The molecule has 0 aliphatic rings. The van der Waals surface area contributed by atoms with E-state index in [1.165, 1.54) is 6.33 Å². The molecule has 1 atom stereocenters. The third kappa shape index (κ3) is 2.47. The normalized spacial score (nSPS) is 12.1. The summed E-state index contributed by atoms with van der Waals surface area (Å²) in [6, 6.07) is 5.46. The van der Waals surface area contributed by atoms with Crippen LogP contribution in [0.4, 0.5) is 11.4 Å². The molecule has 1 heterocycles. The molecule has 0 bridgehead atoms. The zero-order valence-corrected chi connectivity index (χ0v) is 9.77. The van der Waals surface area contributed by atoms with Gasteiger partial charge in [0.25, 0.3) is 0 Å². The Kier molecular flexibility index (Phi) is 3.13. The minimum absolute atomic E-state index is 0.00749. The summed E-state index contributed by atoms with van der Waals surface area (Å²) in [5.41, 5.74) is 7.36. The predicted octanol–water partition coefficient (Wildman–Crippen LogP) is 1.57. The summed E-state index contributed by atoms with van der Waals surface area (Å²) in [5.74, 6) is 1.51. The van der Waals surface area contributed by atoms with Gasteiger partial charge in [-0.15, -0.1) is 0 Å². The fraction of sp³-hybridized carbons (Fsp3) is 0.273. The number of aromatic amines is 1. The molecule has 6 heteroatoms. The zero-order chi connectivity index (χ0) is 12.3. The van der Waals surface area contributed by atoms with Crippen LogP contribution in [0.2, 0.25) is 0 Å². The topological polar surface area (TPSA) is 88.8 Å². The summed E-state index contributed by atoms with van der Waals surface area (Å²) in [4.78, 5) is 4.08. The van der Waals surface area contributed by atoms with Crippen molar-refractivity contribution in [2.75, 3.05) is 18.2 Å². The highest BCUT2D eigenvalue weighted by molar-refractivity contribution is 5.68. The van der Waals surface area contributed by atoms with Gasteiger partial charge in [-0.3, -0.25) is 5.10 Å². The molecule has 0 saturated heterocycles. The summed E-state index contributed by atoms with van der Waals surface area (Å²) in [7, 11) is 1.62. The van der Waals surface area contributed by atoms with E-state index in [-0.39, 0.29) is 6.04 Å². The SMILES string of the molecule is COc1ccc(N)c(NC(C)c2ncn[nH]2)c1. The van der Waals surface area contributed by atoms with Gasteiger partial charge in [0.05, 0.1) is 24.5 Å². The Labute approximate surface area is 99.2 Å². The smallest absolute Gasteiger partial charge is 0.146 e. The lowest BCUT2D eigenvalue weighted by Gasteiger charge is -2.15. The first kappa shape index (κ1) is 11.3. The average molecular weight is 233 g/mol. The number of rotatable bonds is 4. The van der Waals surface area contributed by atoms with E-state index in [0.717, 1.165) is 17.3 Å². The molecule has 0 spiro atoms. The number of nitrogens with zero attached hydrogens (tertiary/aromatic N) is 2. The van der Waals surface area contributed by atoms with Crippen molar-refractivity contribution < 1.29 is 4.74 Å². The molecule has 0 aliphatic heterocycles. The van der Waals surface area contributed by atoms with Crippen LogP contribution in [0.1, 0.15) is 18.8 Å². The summed E-state index contributed by atoms with van der Waals surface area (Å²) in [6.45, 7) is 1.97. The molecule has 1 aromatic carbocycles. The maximum Gasteiger partial charge on any atom is 0.146 e. The van der Waals surface area contributed by atoms with Gasteiger partial charge in [-0.05, 0) is 19.1 Å². The number of nitrogen functional groups attached to an aromatic ring is 1. The van der Waals surface area contributed by atoms with Crippen molar-refractivity contribution in [3.05, 3.63) is 30.4 Å². The number of anilines is 2. The third-order valence-corrected chi connectivity index (χ3v) is 2.48. The van der Waals surface area contributed by atoms with Crippen molar-refractivity contribution in [3.63, 3.8) is 0 Å². The summed E-state index contributed by atoms with van der Waals surface area (Å²) in [5, 5.41) is 9.87. The molecule has 4 N–H and O–H groups in total. The second kappa shape index (κ2) is 4.73. The number of aromatic nitrogens is 3. The first-order valence-corrected chi connectivity index (χ1v) is 5.26. The molecular weight excluding hydrogens is 218 g/mol. The molecule has 0 saturated carbocycles. The largest absolute Gasteiger partial charge is 0.497 e. The monoisotopic (exact) mass is 233 g/mol. The Morgan fingerprint density at radius 1 is 1.47 bits per heavy atom. The van der Waals surface area contributed by atoms with Crippen LogP contribution in [-0.2, 0) is 0 Å². The number of H-pyrrole nitrogens is 1. The van der Waals surface area contributed by atoms with E-state index in [4.69, 9.17) is 10.5 Å². The molecule has 0 fully saturated rings. The van der Waals surface area contributed by atoms with E-state index in [0.29, 0.717) is 5.69 Å². The van der Waals surface area contributed by atoms with E-state index >= 15 is 0 Å². The van der Waals surface area contributed by atoms with Gasteiger partial charge in [0.2, 0.25) is 0 Å². The Hall–Kier alpha value is -2.24. The standard InChI is InChI=1S/C11H15N5O/c1-7(11-13-6-14-16-11)15-10-5-8(17-2)3-4-9(10)12/h3-7,15H,12H2,1-2H3,(H,13,14,16). The van der Waals surface area contributed by atoms with Crippen LogP contribution in [0.5, 0.6) is 5.75 Å². The second-order valence-electron chi connectivity index (χ2n) is 3.69. The maximum absolute atomic E-state index is 5.88. The lowest BCUT2D eigenvalue weighted by Crippen LogP contribution is -2.10. The Morgan fingerprint density at radius 2 is 2.29 bits per heavy atom. The molecule has 90 valence electrons. The Bertz CT molecular complexity index is 483. The van der Waals surface area contributed by atoms with Crippen molar-refractivity contribution in [2.24, 2.45) is 0 Å². The van der Waals surface area contributed by atoms with Crippen molar-refractivity contribution in [3.8, 4) is 5.75 Å². The number of nitrogens with one attached hydrogen (secondary N) is 2. The fourth-order valence-electron chi connectivity index (χ4n) is 1.51. The Balaban J connectivity index is 2.18. The van der Waals surface area contributed by atoms with Gasteiger partial charge in [0, 0.05) is 6.07 Å². The van der Waals surface area contributed by atoms with Crippen LogP contribution in [0.3, 0.4) is 0 Å². The zero-order valence-electron chi connectivity index (χ0n) is 9.77. The third-order valence-electron chi connectivity index (χ3n) is 2.48. The van der Waals surface area contributed by atoms with Gasteiger partial charge in [0.15, 0.2) is 0 Å². The number of nitrogens with two attached hydrogens (primary N) is 1. The van der Waals surface area contributed by atoms with Crippen LogP contribution in [-0.4, -0.2) is 22.3 Å². The number of hydrogen-bond acceptors (Lipinski definition) is 5. The van der Waals surface area contributed by atoms with Crippen molar-refractivity contribution in [1.29, 1.82) is 0 Å². The maximum atomic E-state index is 5.88. The van der Waals surface area contributed by atoms with Crippen LogP contribution < -0.4 is 15.8 Å². The van der Waals surface area contributed by atoms with Crippen molar-refractivity contribution in [1.82, 2.24) is 15.2 Å². The minimum atomic E-state index is -0.00749. The van der Waals surface area contributed by atoms with Crippen LogP contribution >= 0.6 is 0 Å². The summed E-state index contributed by atoms with van der Waals surface area (Å²) < 4.78 is 5.15. The molecule has 0 aliphatic carbocycles. The molecule has 2 rings (SSSR count). The van der Waals surface area contributed by atoms with E-state index < -0.39 is 0 Å². The molecule has 6 nitrogen and oxygen atoms in total. The number of hydrogen-bond donors (Lipinski definition) is 3. The predicted molar refractivity (Wildman–Crippen MR) is 65.8 cm³/mol. The molecule has 1 aromatic heterocycles. The first-order chi connectivity index (χ1) is 8.20. The van der Waals surface area contributed by atoms with E-state index in [2.05, 4.69) is 20.5 Å². The molecule has 0 amide bonds. The molecular formula is C11H15N5O. The van der Waals surface area contributed by atoms with E-state index in [1.807, 2.05) is 19.1 Å². The lowest BCUT2D eigenvalue weighted by molar-refractivity contribution is 0.415. The van der Waals surface area contributed by atoms with Gasteiger partial charge in [-0.1, -0.05) is 0 Å². The van der Waals surface area contributed by atoms with E-state index in [1.54, 1.807) is 13.2 Å². The van der Waals surface area contributed by atoms with Gasteiger partial charge >= 0.3 is 0 Å². The average Bonchev–Trinajstić information content (AvgIpc) is 2.85. The molecule has 2 aromatic rings. The van der Waals surface area contributed by atoms with Crippen molar-refractivity contribution in [2.45, 2.75) is 13.0 Å². The highest BCUT2D eigenvalue weighted by Gasteiger charge is 2.10. The van der Waals surface area contributed by atoms with Crippen molar-refractivity contribution >= 4 is 11.4 Å². The minimum Gasteiger partial charge on any atom is -0.497 e. The van der Waals surface area contributed by atoms with Crippen LogP contribution in [0.25, 0.3) is 0 Å². The van der Waals surface area contributed by atoms with Crippen LogP contribution in [0, 0.1) is 0 Å². The molecule has 0 radical (unpaired) electrons. The summed E-state index contributed by atoms with van der Waals surface area (Å²) in [6.07, 6.45) is 1.47. The molecule has 1 unspecified atom stereocenters. The number of benzene rings is 1. The number of ether oxygens (including phenoxy) is 1. The highest BCUT2D eigenvalue weighted by Crippen LogP contribution is 2.27. The van der Waals surface area contributed by atoms with Gasteiger partial charge in [0.1, 0.15) is 17.9 Å². The number of methoxy groups -OCH3 is 1. The first-order valence-electron chi connectivity index (χ1n) is 5.26. The van der Waals surface area contributed by atoms with Gasteiger partial charge in [-0.2, -0.15) is 5.10 Å². The summed E-state index contributed by atoms with van der Waals surface area (Å²) >= 11 is 0.